The zero-order chi connectivity index (χ0) is 18.4. The maximum absolute atomic E-state index is 12.6. The minimum Gasteiger partial charge on any atom is -0.352 e. The number of rotatable bonds is 7. The smallest absolute Gasteiger partial charge is 0.220 e. The van der Waals surface area contributed by atoms with Crippen LogP contribution in [0.3, 0.4) is 0 Å². The van der Waals surface area contributed by atoms with Crippen molar-refractivity contribution in [3.8, 4) is 0 Å². The second-order valence-corrected chi connectivity index (χ2v) is 8.58. The van der Waals surface area contributed by atoms with Crippen molar-refractivity contribution >= 4 is 5.91 Å². The summed E-state index contributed by atoms with van der Waals surface area (Å²) in [6.07, 6.45) is 7.15. The molecular formula is C22H35N3O. The minimum atomic E-state index is 0.271. The van der Waals surface area contributed by atoms with E-state index in [-0.39, 0.29) is 11.9 Å². The van der Waals surface area contributed by atoms with Crippen LogP contribution in [0.15, 0.2) is 30.3 Å². The van der Waals surface area contributed by atoms with Crippen molar-refractivity contribution in [3.05, 3.63) is 35.9 Å². The van der Waals surface area contributed by atoms with E-state index in [2.05, 4.69) is 59.5 Å². The Balaban J connectivity index is 1.55. The predicted molar refractivity (Wildman–Crippen MR) is 107 cm³/mol. The van der Waals surface area contributed by atoms with Gasteiger partial charge in [-0.05, 0) is 38.4 Å². The van der Waals surface area contributed by atoms with E-state index in [1.165, 1.54) is 37.7 Å². The Morgan fingerprint density at radius 2 is 1.85 bits per heavy atom. The highest BCUT2D eigenvalue weighted by Crippen LogP contribution is 2.27. The highest BCUT2D eigenvalue weighted by molar-refractivity contribution is 5.76. The molecule has 3 rings (SSSR count). The van der Waals surface area contributed by atoms with Crippen LogP contribution < -0.4 is 5.32 Å². The number of hydrogen-bond donors (Lipinski definition) is 1. The molecule has 1 aliphatic heterocycles. The number of likely N-dealkylation sites (tertiary alicyclic amines) is 1. The SMILES string of the molecule is CN(C)C[C@@H]1CN(Cc2ccccc2)C[C@H]1NC(=O)CC1CCCCC1. The fourth-order valence-corrected chi connectivity index (χ4v) is 4.67. The van der Waals surface area contributed by atoms with Gasteiger partial charge in [0.1, 0.15) is 0 Å². The van der Waals surface area contributed by atoms with E-state index in [1.54, 1.807) is 0 Å². The Bertz CT molecular complexity index is 554. The maximum Gasteiger partial charge on any atom is 0.220 e. The molecule has 1 heterocycles. The summed E-state index contributed by atoms with van der Waals surface area (Å²) in [6, 6.07) is 10.9. The van der Waals surface area contributed by atoms with Crippen molar-refractivity contribution in [2.24, 2.45) is 11.8 Å². The molecule has 1 saturated heterocycles. The number of benzene rings is 1. The summed E-state index contributed by atoms with van der Waals surface area (Å²) in [5.74, 6) is 1.38. The predicted octanol–water partition coefficient (Wildman–Crippen LogP) is 3.14. The lowest BCUT2D eigenvalue weighted by Gasteiger charge is -2.25. The van der Waals surface area contributed by atoms with Gasteiger partial charge in [0.05, 0.1) is 0 Å². The molecule has 1 aliphatic carbocycles. The molecule has 0 spiro atoms. The van der Waals surface area contributed by atoms with Crippen LogP contribution in [0.2, 0.25) is 0 Å². The van der Waals surface area contributed by atoms with Crippen molar-refractivity contribution in [1.82, 2.24) is 15.1 Å². The van der Waals surface area contributed by atoms with E-state index in [9.17, 15) is 4.79 Å². The molecule has 0 radical (unpaired) electrons. The van der Waals surface area contributed by atoms with Crippen LogP contribution in [0.1, 0.15) is 44.1 Å². The molecule has 2 atom stereocenters. The van der Waals surface area contributed by atoms with Gasteiger partial charge >= 0.3 is 0 Å². The van der Waals surface area contributed by atoms with Gasteiger partial charge < -0.3 is 10.2 Å². The van der Waals surface area contributed by atoms with E-state index in [1.807, 2.05) is 0 Å². The van der Waals surface area contributed by atoms with Crippen molar-refractivity contribution in [3.63, 3.8) is 0 Å². The quantitative estimate of drug-likeness (QED) is 0.814. The van der Waals surface area contributed by atoms with Crippen molar-refractivity contribution in [2.75, 3.05) is 33.7 Å². The number of nitrogens with one attached hydrogen (secondary N) is 1. The molecule has 1 aromatic rings. The summed E-state index contributed by atoms with van der Waals surface area (Å²) >= 11 is 0. The van der Waals surface area contributed by atoms with Crippen molar-refractivity contribution < 1.29 is 4.79 Å². The molecule has 0 aromatic heterocycles. The standard InChI is InChI=1S/C22H35N3O/c1-24(2)15-20-16-25(14-19-11-7-4-8-12-19)17-21(20)23-22(26)13-18-9-5-3-6-10-18/h4,7-8,11-12,18,20-21H,3,5-6,9-10,13-17H2,1-2H3,(H,23,26)/t20-,21-/m1/s1. The molecule has 1 N–H and O–H groups in total. The van der Waals surface area contributed by atoms with Gasteiger partial charge in [-0.1, -0.05) is 49.6 Å². The lowest BCUT2D eigenvalue weighted by atomic mass is 9.86. The molecule has 0 unspecified atom stereocenters. The monoisotopic (exact) mass is 357 g/mol. The van der Waals surface area contributed by atoms with Crippen LogP contribution in [0.25, 0.3) is 0 Å². The van der Waals surface area contributed by atoms with Crippen LogP contribution in [0.5, 0.6) is 0 Å². The second kappa shape index (κ2) is 9.52. The normalized spacial score (nSPS) is 24.9. The zero-order valence-electron chi connectivity index (χ0n) is 16.5. The summed E-state index contributed by atoms with van der Waals surface area (Å²) in [4.78, 5) is 17.4. The van der Waals surface area contributed by atoms with E-state index in [4.69, 9.17) is 0 Å². The van der Waals surface area contributed by atoms with Gasteiger partial charge in [0.2, 0.25) is 5.91 Å². The summed E-state index contributed by atoms with van der Waals surface area (Å²) in [6.45, 7) is 4.02. The molecule has 2 fully saturated rings. The molecular weight excluding hydrogens is 322 g/mol. The average molecular weight is 358 g/mol. The maximum atomic E-state index is 12.6. The first-order valence-electron chi connectivity index (χ1n) is 10.3. The van der Waals surface area contributed by atoms with Crippen LogP contribution in [0.4, 0.5) is 0 Å². The third kappa shape index (κ3) is 5.82. The molecule has 26 heavy (non-hydrogen) atoms. The minimum absolute atomic E-state index is 0.271. The third-order valence-electron chi connectivity index (χ3n) is 5.91. The molecule has 2 aliphatic rings. The highest BCUT2D eigenvalue weighted by atomic mass is 16.1. The Hall–Kier alpha value is -1.39. The first kappa shape index (κ1) is 19.4. The van der Waals surface area contributed by atoms with Crippen LogP contribution in [-0.4, -0.2) is 55.5 Å². The van der Waals surface area contributed by atoms with Crippen LogP contribution in [0, 0.1) is 11.8 Å². The number of carbonyl (C=O) groups is 1. The molecule has 144 valence electrons. The van der Waals surface area contributed by atoms with Crippen LogP contribution >= 0.6 is 0 Å². The summed E-state index contributed by atoms with van der Waals surface area (Å²) in [7, 11) is 4.25. The van der Waals surface area contributed by atoms with Gasteiger partial charge in [0.15, 0.2) is 0 Å². The molecule has 0 bridgehead atoms. The van der Waals surface area contributed by atoms with E-state index in [0.29, 0.717) is 11.8 Å². The molecule has 1 amide bonds. The fourth-order valence-electron chi connectivity index (χ4n) is 4.67. The van der Waals surface area contributed by atoms with Gasteiger partial charge in [-0.2, -0.15) is 0 Å². The van der Waals surface area contributed by atoms with Gasteiger partial charge in [0.25, 0.3) is 0 Å². The van der Waals surface area contributed by atoms with E-state index >= 15 is 0 Å². The summed E-state index contributed by atoms with van der Waals surface area (Å²) in [5, 5.41) is 3.39. The Morgan fingerprint density at radius 1 is 1.12 bits per heavy atom. The molecule has 1 aromatic carbocycles. The Morgan fingerprint density at radius 3 is 2.54 bits per heavy atom. The van der Waals surface area contributed by atoms with E-state index in [0.717, 1.165) is 32.6 Å². The number of amides is 1. The number of hydrogen-bond acceptors (Lipinski definition) is 3. The number of nitrogens with zero attached hydrogens (tertiary/aromatic N) is 2. The van der Waals surface area contributed by atoms with Gasteiger partial charge in [-0.25, -0.2) is 0 Å². The lowest BCUT2D eigenvalue weighted by molar-refractivity contribution is -0.123. The van der Waals surface area contributed by atoms with E-state index < -0.39 is 0 Å². The summed E-state index contributed by atoms with van der Waals surface area (Å²) in [5.41, 5.74) is 1.35. The second-order valence-electron chi connectivity index (χ2n) is 8.58. The van der Waals surface area contributed by atoms with Gasteiger partial charge in [-0.15, -0.1) is 0 Å². The molecule has 1 saturated carbocycles. The Kier molecular flexibility index (Phi) is 7.09. The summed E-state index contributed by atoms with van der Waals surface area (Å²) < 4.78 is 0. The fraction of sp³-hybridized carbons (Fsp3) is 0.682. The third-order valence-corrected chi connectivity index (χ3v) is 5.91. The van der Waals surface area contributed by atoms with Crippen LogP contribution in [-0.2, 0) is 11.3 Å². The van der Waals surface area contributed by atoms with Crippen molar-refractivity contribution in [1.29, 1.82) is 0 Å². The first-order chi connectivity index (χ1) is 12.6. The Labute approximate surface area is 158 Å². The largest absolute Gasteiger partial charge is 0.352 e. The lowest BCUT2D eigenvalue weighted by Crippen LogP contribution is -2.43. The molecule has 4 nitrogen and oxygen atoms in total. The zero-order valence-corrected chi connectivity index (χ0v) is 16.5. The first-order valence-corrected chi connectivity index (χ1v) is 10.3. The number of carbonyl (C=O) groups excluding carboxylic acids is 1. The highest BCUT2D eigenvalue weighted by Gasteiger charge is 2.34. The van der Waals surface area contributed by atoms with Gasteiger partial charge in [-0.3, -0.25) is 9.69 Å². The average Bonchev–Trinajstić information content (AvgIpc) is 2.96. The van der Waals surface area contributed by atoms with Crippen molar-refractivity contribution in [2.45, 2.75) is 51.1 Å². The molecule has 4 heteroatoms. The van der Waals surface area contributed by atoms with Gasteiger partial charge in [0, 0.05) is 44.6 Å². The topological polar surface area (TPSA) is 35.6 Å².